The first kappa shape index (κ1) is 12.0. The molecule has 0 spiro atoms. The molecule has 5 nitrogen and oxygen atoms in total. The van der Waals surface area contributed by atoms with E-state index in [1.54, 1.807) is 25.4 Å². The predicted octanol–water partition coefficient (Wildman–Crippen LogP) is 0.447. The van der Waals surface area contributed by atoms with E-state index in [4.69, 9.17) is 10.5 Å². The van der Waals surface area contributed by atoms with Gasteiger partial charge in [-0.1, -0.05) is 0 Å². The van der Waals surface area contributed by atoms with Crippen LogP contribution in [0.1, 0.15) is 28.9 Å². The number of methoxy groups -OCH3 is 1. The van der Waals surface area contributed by atoms with Crippen molar-refractivity contribution in [3.8, 4) is 0 Å². The van der Waals surface area contributed by atoms with E-state index in [0.717, 1.165) is 18.5 Å². The third-order valence-electron chi connectivity index (χ3n) is 3.05. The lowest BCUT2D eigenvalue weighted by atomic mass is 9.89. The molecule has 3 N–H and O–H groups in total. The van der Waals surface area contributed by atoms with E-state index >= 15 is 0 Å². The van der Waals surface area contributed by atoms with Crippen LogP contribution >= 0.6 is 0 Å². The van der Waals surface area contributed by atoms with E-state index in [1.807, 2.05) is 0 Å². The molecule has 1 aliphatic carbocycles. The quantitative estimate of drug-likeness (QED) is 0.794. The molecule has 0 radical (unpaired) electrons. The molecule has 5 heteroatoms. The van der Waals surface area contributed by atoms with Crippen molar-refractivity contribution in [2.45, 2.75) is 31.5 Å². The zero-order valence-electron chi connectivity index (χ0n) is 9.85. The molecule has 1 heterocycles. The molecule has 1 aromatic rings. The van der Waals surface area contributed by atoms with Crippen LogP contribution in [0.2, 0.25) is 0 Å². The minimum atomic E-state index is -0.0679. The van der Waals surface area contributed by atoms with Crippen molar-refractivity contribution in [1.82, 2.24) is 10.3 Å². The van der Waals surface area contributed by atoms with Gasteiger partial charge in [0.1, 0.15) is 0 Å². The Morgan fingerprint density at radius 1 is 1.65 bits per heavy atom. The summed E-state index contributed by atoms with van der Waals surface area (Å²) < 4.78 is 5.16. The van der Waals surface area contributed by atoms with Crippen molar-refractivity contribution in [3.05, 3.63) is 29.6 Å². The van der Waals surface area contributed by atoms with Crippen molar-refractivity contribution in [1.29, 1.82) is 0 Å². The summed E-state index contributed by atoms with van der Waals surface area (Å²) in [6.07, 6.45) is 3.67. The largest absolute Gasteiger partial charge is 0.381 e. The van der Waals surface area contributed by atoms with Gasteiger partial charge in [0.15, 0.2) is 0 Å². The van der Waals surface area contributed by atoms with Gasteiger partial charge in [0.25, 0.3) is 5.91 Å². The van der Waals surface area contributed by atoms with Crippen LogP contribution in [-0.2, 0) is 11.3 Å². The highest BCUT2D eigenvalue weighted by Crippen LogP contribution is 2.22. The maximum atomic E-state index is 11.9. The molecule has 0 atom stereocenters. The number of rotatable bonds is 4. The number of aromatic nitrogens is 1. The summed E-state index contributed by atoms with van der Waals surface area (Å²) in [5, 5.41) is 2.96. The van der Waals surface area contributed by atoms with Crippen molar-refractivity contribution in [3.63, 3.8) is 0 Å². The van der Waals surface area contributed by atoms with Gasteiger partial charge in [-0.25, -0.2) is 0 Å². The van der Waals surface area contributed by atoms with Crippen LogP contribution in [0.25, 0.3) is 0 Å². The summed E-state index contributed by atoms with van der Waals surface area (Å²) in [7, 11) is 1.69. The average Bonchev–Trinajstić information content (AvgIpc) is 2.33. The molecule has 1 amide bonds. The maximum Gasteiger partial charge on any atom is 0.251 e. The van der Waals surface area contributed by atoms with Crippen LogP contribution in [0.3, 0.4) is 0 Å². The van der Waals surface area contributed by atoms with Crippen molar-refractivity contribution in [2.75, 3.05) is 7.11 Å². The second kappa shape index (κ2) is 5.25. The Labute approximate surface area is 100 Å². The second-order valence-electron chi connectivity index (χ2n) is 4.24. The van der Waals surface area contributed by atoms with E-state index in [0.29, 0.717) is 12.1 Å². The number of hydrogen-bond donors (Lipinski definition) is 2. The van der Waals surface area contributed by atoms with Crippen molar-refractivity contribution in [2.24, 2.45) is 5.73 Å². The second-order valence-corrected chi connectivity index (χ2v) is 4.24. The van der Waals surface area contributed by atoms with Crippen molar-refractivity contribution >= 4 is 5.91 Å². The predicted molar refractivity (Wildman–Crippen MR) is 63.4 cm³/mol. The highest BCUT2D eigenvalue weighted by atomic mass is 16.5. The molecule has 1 aromatic heterocycles. The molecule has 0 saturated heterocycles. The lowest BCUT2D eigenvalue weighted by Gasteiger charge is -2.34. The molecule has 0 unspecified atom stereocenters. The topological polar surface area (TPSA) is 77.2 Å². The van der Waals surface area contributed by atoms with Crippen molar-refractivity contribution < 1.29 is 9.53 Å². The van der Waals surface area contributed by atoms with Gasteiger partial charge < -0.3 is 15.8 Å². The monoisotopic (exact) mass is 235 g/mol. The van der Waals surface area contributed by atoms with Crippen LogP contribution in [-0.4, -0.2) is 30.1 Å². The Morgan fingerprint density at radius 2 is 2.41 bits per heavy atom. The Balaban J connectivity index is 1.91. The minimum Gasteiger partial charge on any atom is -0.381 e. The van der Waals surface area contributed by atoms with Crippen LogP contribution < -0.4 is 11.1 Å². The molecule has 0 bridgehead atoms. The minimum absolute atomic E-state index is 0.0679. The third-order valence-corrected chi connectivity index (χ3v) is 3.05. The molecular weight excluding hydrogens is 218 g/mol. The number of nitrogens with one attached hydrogen (secondary N) is 1. The fourth-order valence-electron chi connectivity index (χ4n) is 1.88. The van der Waals surface area contributed by atoms with Crippen LogP contribution in [0.5, 0.6) is 0 Å². The van der Waals surface area contributed by atoms with Crippen LogP contribution in [0, 0.1) is 0 Å². The zero-order valence-corrected chi connectivity index (χ0v) is 9.85. The fraction of sp³-hybridized carbons (Fsp3) is 0.500. The van der Waals surface area contributed by atoms with Crippen LogP contribution in [0.4, 0.5) is 0 Å². The summed E-state index contributed by atoms with van der Waals surface area (Å²) in [5.74, 6) is -0.0679. The Hall–Kier alpha value is -1.46. The normalized spacial score (nSPS) is 22.9. The number of ether oxygens (including phenoxy) is 1. The fourth-order valence-corrected chi connectivity index (χ4v) is 1.88. The Kier molecular flexibility index (Phi) is 3.71. The lowest BCUT2D eigenvalue weighted by molar-refractivity contribution is 0.0176. The van der Waals surface area contributed by atoms with Gasteiger partial charge in [-0.15, -0.1) is 0 Å². The Morgan fingerprint density at radius 3 is 3.06 bits per heavy atom. The molecule has 1 saturated carbocycles. The molecule has 2 rings (SSSR count). The molecular formula is C12H17N3O2. The number of hydrogen-bond acceptors (Lipinski definition) is 4. The Bertz CT molecular complexity index is 402. The summed E-state index contributed by atoms with van der Waals surface area (Å²) >= 11 is 0. The summed E-state index contributed by atoms with van der Waals surface area (Å²) in [5.41, 5.74) is 6.82. The first-order valence-corrected chi connectivity index (χ1v) is 5.71. The first-order chi connectivity index (χ1) is 8.22. The zero-order chi connectivity index (χ0) is 12.3. The van der Waals surface area contributed by atoms with E-state index in [1.165, 1.54) is 0 Å². The lowest BCUT2D eigenvalue weighted by Crippen LogP contribution is -2.47. The molecule has 92 valence electrons. The van der Waals surface area contributed by atoms with E-state index in [9.17, 15) is 4.79 Å². The van der Waals surface area contributed by atoms with E-state index < -0.39 is 0 Å². The third kappa shape index (κ3) is 2.81. The van der Waals surface area contributed by atoms with Gasteiger partial charge in [-0.05, 0) is 25.0 Å². The highest BCUT2D eigenvalue weighted by Gasteiger charge is 2.30. The number of nitrogens with zero attached hydrogens (tertiary/aromatic N) is 1. The molecule has 1 fully saturated rings. The number of carbonyl (C=O) groups is 1. The maximum absolute atomic E-state index is 11.9. The number of carbonyl (C=O) groups excluding carboxylic acids is 1. The van der Waals surface area contributed by atoms with E-state index in [-0.39, 0.29) is 18.1 Å². The summed E-state index contributed by atoms with van der Waals surface area (Å²) in [6, 6.07) is 3.64. The van der Waals surface area contributed by atoms with Crippen LogP contribution in [0.15, 0.2) is 18.3 Å². The molecule has 17 heavy (non-hydrogen) atoms. The summed E-state index contributed by atoms with van der Waals surface area (Å²) in [6.45, 7) is 0.344. The SMILES string of the molecule is COC1CC(NC(=O)c2ccnc(CN)c2)C1. The van der Waals surface area contributed by atoms with Gasteiger partial charge in [0.05, 0.1) is 11.8 Å². The number of pyridine rings is 1. The molecule has 0 aromatic carbocycles. The van der Waals surface area contributed by atoms with Gasteiger partial charge in [-0.3, -0.25) is 9.78 Å². The van der Waals surface area contributed by atoms with E-state index in [2.05, 4.69) is 10.3 Å². The smallest absolute Gasteiger partial charge is 0.251 e. The van der Waals surface area contributed by atoms with Gasteiger partial charge >= 0.3 is 0 Å². The first-order valence-electron chi connectivity index (χ1n) is 5.71. The molecule has 0 aliphatic heterocycles. The standard InChI is InChI=1S/C12H17N3O2/c1-17-11-5-9(6-11)15-12(16)8-2-3-14-10(4-8)7-13/h2-4,9,11H,5-7,13H2,1H3,(H,15,16). The van der Waals surface area contributed by atoms with Gasteiger partial charge in [0, 0.05) is 31.5 Å². The average molecular weight is 235 g/mol. The molecule has 1 aliphatic rings. The summed E-state index contributed by atoms with van der Waals surface area (Å²) in [4.78, 5) is 15.9. The number of amides is 1. The van der Waals surface area contributed by atoms with Gasteiger partial charge in [-0.2, -0.15) is 0 Å². The number of nitrogens with two attached hydrogens (primary N) is 1. The van der Waals surface area contributed by atoms with Gasteiger partial charge in [0.2, 0.25) is 0 Å². The highest BCUT2D eigenvalue weighted by molar-refractivity contribution is 5.94.